The van der Waals surface area contributed by atoms with Crippen LogP contribution in [0.1, 0.15) is 45.2 Å². The van der Waals surface area contributed by atoms with Crippen LogP contribution in [0.2, 0.25) is 0 Å². The van der Waals surface area contributed by atoms with Gasteiger partial charge in [-0.3, -0.25) is 9.59 Å². The highest BCUT2D eigenvalue weighted by Gasteiger charge is 2.40. The molecule has 0 saturated carbocycles. The lowest BCUT2D eigenvalue weighted by molar-refractivity contribution is -0.140. The molecule has 108 valence electrons. The molecule has 2 atom stereocenters. The maximum absolute atomic E-state index is 12.8. The maximum atomic E-state index is 12.8. The summed E-state index contributed by atoms with van der Waals surface area (Å²) < 4.78 is 0. The predicted octanol–water partition coefficient (Wildman–Crippen LogP) is 2.26. The molecule has 1 heterocycles. The molecule has 4 heteroatoms. The summed E-state index contributed by atoms with van der Waals surface area (Å²) in [5.41, 5.74) is 0.296. The van der Waals surface area contributed by atoms with Gasteiger partial charge in [0.2, 0.25) is 11.8 Å². The molecule has 2 unspecified atom stereocenters. The maximum Gasteiger partial charge on any atom is 0.248 e. The minimum absolute atomic E-state index is 0.00204. The van der Waals surface area contributed by atoms with E-state index in [2.05, 4.69) is 5.32 Å². The first-order valence-corrected chi connectivity index (χ1v) is 7.15. The summed E-state index contributed by atoms with van der Waals surface area (Å²) in [5, 5.41) is 2.86. The monoisotopic (exact) mass is 274 g/mol. The van der Waals surface area contributed by atoms with E-state index in [1.807, 2.05) is 56.0 Å². The lowest BCUT2D eigenvalue weighted by atomic mass is 9.95. The van der Waals surface area contributed by atoms with E-state index in [-0.39, 0.29) is 17.9 Å². The summed E-state index contributed by atoms with van der Waals surface area (Å²) in [4.78, 5) is 26.4. The van der Waals surface area contributed by atoms with E-state index < -0.39 is 5.54 Å². The van der Waals surface area contributed by atoms with Gasteiger partial charge in [0.1, 0.15) is 5.54 Å². The van der Waals surface area contributed by atoms with Crippen LogP contribution in [-0.2, 0) is 9.59 Å². The molecule has 4 nitrogen and oxygen atoms in total. The first-order valence-electron chi connectivity index (χ1n) is 7.15. The highest BCUT2D eigenvalue weighted by molar-refractivity contribution is 5.93. The number of benzene rings is 1. The fourth-order valence-electron chi connectivity index (χ4n) is 2.58. The zero-order valence-corrected chi connectivity index (χ0v) is 12.3. The summed E-state index contributed by atoms with van der Waals surface area (Å²) in [5.74, 6) is -0.0485. The topological polar surface area (TPSA) is 49.4 Å². The number of hydrogen-bond acceptors (Lipinski definition) is 2. The molecule has 1 aromatic rings. The lowest BCUT2D eigenvalue weighted by Crippen LogP contribution is -2.55. The van der Waals surface area contributed by atoms with E-state index in [9.17, 15) is 9.59 Å². The lowest BCUT2D eigenvalue weighted by Gasteiger charge is -2.35. The van der Waals surface area contributed by atoms with E-state index in [0.717, 1.165) is 5.56 Å². The van der Waals surface area contributed by atoms with Crippen molar-refractivity contribution in [2.75, 3.05) is 6.54 Å². The van der Waals surface area contributed by atoms with Gasteiger partial charge in [0.05, 0.1) is 6.04 Å². The number of rotatable bonds is 3. The van der Waals surface area contributed by atoms with Gasteiger partial charge in [0.25, 0.3) is 0 Å². The second-order valence-corrected chi connectivity index (χ2v) is 5.57. The quantitative estimate of drug-likeness (QED) is 0.919. The molecular weight excluding hydrogens is 252 g/mol. The van der Waals surface area contributed by atoms with Crippen molar-refractivity contribution in [3.8, 4) is 0 Å². The summed E-state index contributed by atoms with van der Waals surface area (Å²) in [6, 6.07) is 9.90. The van der Waals surface area contributed by atoms with Crippen molar-refractivity contribution >= 4 is 11.8 Å². The standard InChI is InChI=1S/C16H22N2O2/c1-4-16(3)15(20)18(11-10-14(19)17-16)12(2)13-8-6-5-7-9-13/h5-9,12H,4,10-11H2,1-3H3,(H,17,19). The van der Waals surface area contributed by atoms with Crippen molar-refractivity contribution in [2.24, 2.45) is 0 Å². The molecule has 0 bridgehead atoms. The minimum atomic E-state index is -0.795. The second-order valence-electron chi connectivity index (χ2n) is 5.57. The number of hydrogen-bond donors (Lipinski definition) is 1. The van der Waals surface area contributed by atoms with Gasteiger partial charge in [-0.25, -0.2) is 0 Å². The largest absolute Gasteiger partial charge is 0.342 e. The summed E-state index contributed by atoms with van der Waals surface area (Å²) in [7, 11) is 0. The molecule has 1 N–H and O–H groups in total. The SMILES string of the molecule is CCC1(C)NC(=O)CCN(C(C)c2ccccc2)C1=O. The van der Waals surface area contributed by atoms with E-state index >= 15 is 0 Å². The summed E-state index contributed by atoms with van der Waals surface area (Å²) >= 11 is 0. The van der Waals surface area contributed by atoms with E-state index in [0.29, 0.717) is 19.4 Å². The molecule has 20 heavy (non-hydrogen) atoms. The number of carbonyl (C=O) groups is 2. The smallest absolute Gasteiger partial charge is 0.248 e. The first-order chi connectivity index (χ1) is 9.48. The Morgan fingerprint density at radius 2 is 1.95 bits per heavy atom. The number of amides is 2. The Morgan fingerprint density at radius 1 is 1.30 bits per heavy atom. The van der Waals surface area contributed by atoms with Gasteiger partial charge < -0.3 is 10.2 Å². The highest BCUT2D eigenvalue weighted by atomic mass is 16.2. The molecule has 1 saturated heterocycles. The Hall–Kier alpha value is -1.84. The fraction of sp³-hybridized carbons (Fsp3) is 0.500. The summed E-state index contributed by atoms with van der Waals surface area (Å²) in [6.45, 7) is 6.22. The molecule has 0 spiro atoms. The van der Waals surface area contributed by atoms with Crippen molar-refractivity contribution < 1.29 is 9.59 Å². The molecular formula is C16H22N2O2. The van der Waals surface area contributed by atoms with Crippen LogP contribution >= 0.6 is 0 Å². The van der Waals surface area contributed by atoms with Gasteiger partial charge in [-0.05, 0) is 25.8 Å². The average Bonchev–Trinajstić information content (AvgIpc) is 2.57. The molecule has 0 aliphatic carbocycles. The van der Waals surface area contributed by atoms with Gasteiger partial charge in [-0.15, -0.1) is 0 Å². The Kier molecular flexibility index (Phi) is 4.12. The fourth-order valence-corrected chi connectivity index (χ4v) is 2.58. The zero-order chi connectivity index (χ0) is 14.8. The van der Waals surface area contributed by atoms with Crippen molar-refractivity contribution in [1.29, 1.82) is 0 Å². The van der Waals surface area contributed by atoms with Crippen LogP contribution in [0.4, 0.5) is 0 Å². The molecule has 1 fully saturated rings. The molecule has 2 amide bonds. The Labute approximate surface area is 120 Å². The average molecular weight is 274 g/mol. The third-order valence-corrected chi connectivity index (χ3v) is 4.18. The third kappa shape index (κ3) is 2.69. The van der Waals surface area contributed by atoms with Crippen molar-refractivity contribution in [3.05, 3.63) is 35.9 Å². The van der Waals surface area contributed by atoms with Crippen LogP contribution in [0.3, 0.4) is 0 Å². The van der Waals surface area contributed by atoms with E-state index in [4.69, 9.17) is 0 Å². The van der Waals surface area contributed by atoms with Crippen LogP contribution in [0.15, 0.2) is 30.3 Å². The van der Waals surface area contributed by atoms with Gasteiger partial charge in [0.15, 0.2) is 0 Å². The Balaban J connectivity index is 2.30. The van der Waals surface area contributed by atoms with Crippen molar-refractivity contribution in [1.82, 2.24) is 10.2 Å². The van der Waals surface area contributed by atoms with Crippen LogP contribution < -0.4 is 5.32 Å². The third-order valence-electron chi connectivity index (χ3n) is 4.18. The van der Waals surface area contributed by atoms with Crippen molar-refractivity contribution in [2.45, 2.75) is 45.2 Å². The molecule has 2 rings (SSSR count). The molecule has 1 aliphatic heterocycles. The number of nitrogens with zero attached hydrogens (tertiary/aromatic N) is 1. The minimum Gasteiger partial charge on any atom is -0.342 e. The van der Waals surface area contributed by atoms with Gasteiger partial charge in [-0.2, -0.15) is 0 Å². The highest BCUT2D eigenvalue weighted by Crippen LogP contribution is 2.26. The Bertz CT molecular complexity index is 500. The molecule has 1 aromatic carbocycles. The molecule has 1 aliphatic rings. The predicted molar refractivity (Wildman–Crippen MR) is 78.0 cm³/mol. The first kappa shape index (κ1) is 14.6. The number of carbonyl (C=O) groups excluding carboxylic acids is 2. The van der Waals surface area contributed by atoms with Crippen LogP contribution in [0.5, 0.6) is 0 Å². The van der Waals surface area contributed by atoms with E-state index in [1.165, 1.54) is 0 Å². The van der Waals surface area contributed by atoms with Crippen LogP contribution in [-0.4, -0.2) is 28.8 Å². The van der Waals surface area contributed by atoms with Crippen LogP contribution in [0, 0.1) is 0 Å². The zero-order valence-electron chi connectivity index (χ0n) is 12.3. The van der Waals surface area contributed by atoms with Gasteiger partial charge in [0, 0.05) is 13.0 Å². The molecule has 0 aromatic heterocycles. The number of nitrogens with one attached hydrogen (secondary N) is 1. The van der Waals surface area contributed by atoms with E-state index in [1.54, 1.807) is 0 Å². The normalized spacial score (nSPS) is 25.1. The second kappa shape index (κ2) is 5.65. The summed E-state index contributed by atoms with van der Waals surface area (Å²) in [6.07, 6.45) is 0.952. The molecule has 0 radical (unpaired) electrons. The van der Waals surface area contributed by atoms with Crippen molar-refractivity contribution in [3.63, 3.8) is 0 Å². The van der Waals surface area contributed by atoms with Gasteiger partial charge >= 0.3 is 0 Å². The Morgan fingerprint density at radius 3 is 2.55 bits per heavy atom. The van der Waals surface area contributed by atoms with Crippen LogP contribution in [0.25, 0.3) is 0 Å². The van der Waals surface area contributed by atoms with Gasteiger partial charge in [-0.1, -0.05) is 37.3 Å².